The average Bonchev–Trinajstić information content (AvgIpc) is 3.40. The molecular formula is C15H17ClN6. The van der Waals surface area contributed by atoms with E-state index >= 15 is 0 Å². The summed E-state index contributed by atoms with van der Waals surface area (Å²) in [4.78, 5) is 22.1. The molecule has 2 aromatic rings. The Labute approximate surface area is 134 Å². The van der Waals surface area contributed by atoms with E-state index < -0.39 is 0 Å². The van der Waals surface area contributed by atoms with Crippen LogP contribution in [-0.2, 0) is 0 Å². The molecule has 0 amide bonds. The summed E-state index contributed by atoms with van der Waals surface area (Å²) in [5.74, 6) is 3.29. The molecule has 2 aromatic heterocycles. The van der Waals surface area contributed by atoms with Crippen LogP contribution in [0.2, 0.25) is 5.15 Å². The summed E-state index contributed by atoms with van der Waals surface area (Å²) in [5.41, 5.74) is 0. The molecule has 0 N–H and O–H groups in total. The second kappa shape index (κ2) is 5.68. The van der Waals surface area contributed by atoms with Gasteiger partial charge in [0.1, 0.15) is 22.6 Å². The van der Waals surface area contributed by atoms with Crippen LogP contribution in [0.4, 0.5) is 11.6 Å². The van der Waals surface area contributed by atoms with Crippen molar-refractivity contribution >= 4 is 23.2 Å². The summed E-state index contributed by atoms with van der Waals surface area (Å²) < 4.78 is 0. The van der Waals surface area contributed by atoms with Crippen LogP contribution in [0.25, 0.3) is 0 Å². The lowest BCUT2D eigenvalue weighted by Crippen LogP contribution is -2.47. The van der Waals surface area contributed by atoms with Gasteiger partial charge < -0.3 is 9.80 Å². The first-order valence-electron chi connectivity index (χ1n) is 7.60. The van der Waals surface area contributed by atoms with Crippen molar-refractivity contribution < 1.29 is 0 Å². The van der Waals surface area contributed by atoms with Gasteiger partial charge in [0.25, 0.3) is 0 Å². The summed E-state index contributed by atoms with van der Waals surface area (Å²) in [7, 11) is 0. The number of piperazine rings is 1. The zero-order valence-corrected chi connectivity index (χ0v) is 12.9. The molecule has 1 aliphatic heterocycles. The Morgan fingerprint density at radius 2 is 1.68 bits per heavy atom. The molecule has 22 heavy (non-hydrogen) atoms. The number of nitrogens with zero attached hydrogens (tertiary/aromatic N) is 6. The predicted molar refractivity (Wildman–Crippen MR) is 85.5 cm³/mol. The lowest BCUT2D eigenvalue weighted by Gasteiger charge is -2.35. The van der Waals surface area contributed by atoms with Gasteiger partial charge in [0.2, 0.25) is 0 Å². The van der Waals surface area contributed by atoms with Gasteiger partial charge in [-0.3, -0.25) is 4.98 Å². The quantitative estimate of drug-likeness (QED) is 0.809. The van der Waals surface area contributed by atoms with E-state index in [4.69, 9.17) is 16.6 Å². The molecule has 0 bridgehead atoms. The van der Waals surface area contributed by atoms with Crippen molar-refractivity contribution in [3.63, 3.8) is 0 Å². The van der Waals surface area contributed by atoms with E-state index in [1.54, 1.807) is 12.4 Å². The molecule has 1 saturated carbocycles. The summed E-state index contributed by atoms with van der Waals surface area (Å²) in [5, 5.41) is 0.545. The summed E-state index contributed by atoms with van der Waals surface area (Å²) in [6.07, 6.45) is 7.60. The number of rotatable bonds is 3. The minimum absolute atomic E-state index is 0.512. The van der Waals surface area contributed by atoms with Crippen LogP contribution in [0.3, 0.4) is 0 Å². The number of anilines is 2. The van der Waals surface area contributed by atoms with Crippen molar-refractivity contribution in [3.8, 4) is 0 Å². The standard InChI is InChI=1S/C15H17ClN6/c16-12-9-13(20-15(19-12)11-1-2-11)21-5-7-22(8-6-21)14-10-17-3-4-18-14/h3-4,9-11H,1-2,5-8H2. The van der Waals surface area contributed by atoms with Crippen molar-refractivity contribution in [2.75, 3.05) is 36.0 Å². The summed E-state index contributed by atoms with van der Waals surface area (Å²) in [6, 6.07) is 1.87. The van der Waals surface area contributed by atoms with Gasteiger partial charge >= 0.3 is 0 Å². The van der Waals surface area contributed by atoms with E-state index in [1.165, 1.54) is 12.8 Å². The third kappa shape index (κ3) is 2.83. The Balaban J connectivity index is 1.47. The smallest absolute Gasteiger partial charge is 0.147 e. The highest BCUT2D eigenvalue weighted by atomic mass is 35.5. The molecule has 0 spiro atoms. The largest absolute Gasteiger partial charge is 0.353 e. The van der Waals surface area contributed by atoms with E-state index in [1.807, 2.05) is 12.3 Å². The second-order valence-electron chi connectivity index (χ2n) is 5.72. The fourth-order valence-electron chi connectivity index (χ4n) is 2.73. The van der Waals surface area contributed by atoms with Crippen LogP contribution < -0.4 is 9.80 Å². The van der Waals surface area contributed by atoms with Crippen LogP contribution in [0, 0.1) is 0 Å². The first-order valence-corrected chi connectivity index (χ1v) is 7.98. The Kier molecular flexibility index (Phi) is 3.54. The number of halogens is 1. The van der Waals surface area contributed by atoms with Gasteiger partial charge in [-0.25, -0.2) is 15.0 Å². The molecule has 0 aromatic carbocycles. The molecule has 1 aliphatic carbocycles. The molecule has 6 nitrogen and oxygen atoms in total. The number of aromatic nitrogens is 4. The Bertz CT molecular complexity index is 652. The zero-order valence-electron chi connectivity index (χ0n) is 12.2. The summed E-state index contributed by atoms with van der Waals surface area (Å²) in [6.45, 7) is 3.60. The minimum atomic E-state index is 0.512. The Morgan fingerprint density at radius 1 is 0.955 bits per heavy atom. The van der Waals surface area contributed by atoms with Crippen LogP contribution in [0.15, 0.2) is 24.7 Å². The maximum absolute atomic E-state index is 6.16. The predicted octanol–water partition coefficient (Wildman–Crippen LogP) is 2.12. The van der Waals surface area contributed by atoms with Crippen LogP contribution in [0.5, 0.6) is 0 Å². The van der Waals surface area contributed by atoms with Crippen LogP contribution in [0.1, 0.15) is 24.6 Å². The fraction of sp³-hybridized carbons (Fsp3) is 0.467. The van der Waals surface area contributed by atoms with Gasteiger partial charge in [0.15, 0.2) is 0 Å². The molecule has 2 aliphatic rings. The topological polar surface area (TPSA) is 58.0 Å². The highest BCUT2D eigenvalue weighted by Gasteiger charge is 2.28. The van der Waals surface area contributed by atoms with E-state index in [9.17, 15) is 0 Å². The van der Waals surface area contributed by atoms with Gasteiger partial charge in [0, 0.05) is 50.6 Å². The monoisotopic (exact) mass is 316 g/mol. The Morgan fingerprint density at radius 3 is 2.32 bits per heavy atom. The van der Waals surface area contributed by atoms with Crippen LogP contribution in [-0.4, -0.2) is 46.1 Å². The first-order chi connectivity index (χ1) is 10.8. The highest BCUT2D eigenvalue weighted by Crippen LogP contribution is 2.39. The molecule has 3 heterocycles. The molecule has 4 rings (SSSR count). The zero-order chi connectivity index (χ0) is 14.9. The van der Waals surface area contributed by atoms with Gasteiger partial charge in [-0.15, -0.1) is 0 Å². The molecule has 0 unspecified atom stereocenters. The van der Waals surface area contributed by atoms with Crippen molar-refractivity contribution in [3.05, 3.63) is 35.6 Å². The first kappa shape index (κ1) is 13.7. The molecule has 2 fully saturated rings. The summed E-state index contributed by atoms with van der Waals surface area (Å²) >= 11 is 6.16. The third-order valence-electron chi connectivity index (χ3n) is 4.12. The number of hydrogen-bond acceptors (Lipinski definition) is 6. The van der Waals surface area contributed by atoms with Gasteiger partial charge in [-0.05, 0) is 12.8 Å². The lowest BCUT2D eigenvalue weighted by atomic mass is 10.3. The highest BCUT2D eigenvalue weighted by molar-refractivity contribution is 6.29. The van der Waals surface area contributed by atoms with Gasteiger partial charge in [-0.1, -0.05) is 11.6 Å². The van der Waals surface area contributed by atoms with E-state index in [0.717, 1.165) is 43.6 Å². The molecule has 1 saturated heterocycles. The Hall–Kier alpha value is -1.95. The third-order valence-corrected chi connectivity index (χ3v) is 4.31. The SMILES string of the molecule is Clc1cc(N2CCN(c3cnccn3)CC2)nc(C2CC2)n1. The lowest BCUT2D eigenvalue weighted by molar-refractivity contribution is 0.638. The molecule has 114 valence electrons. The molecule has 0 atom stereocenters. The van der Waals surface area contributed by atoms with Crippen molar-refractivity contribution in [1.82, 2.24) is 19.9 Å². The molecule has 7 heteroatoms. The van der Waals surface area contributed by atoms with Crippen molar-refractivity contribution in [1.29, 1.82) is 0 Å². The number of hydrogen-bond donors (Lipinski definition) is 0. The van der Waals surface area contributed by atoms with E-state index in [2.05, 4.69) is 24.8 Å². The van der Waals surface area contributed by atoms with Crippen molar-refractivity contribution in [2.45, 2.75) is 18.8 Å². The van der Waals surface area contributed by atoms with Gasteiger partial charge in [-0.2, -0.15) is 0 Å². The van der Waals surface area contributed by atoms with E-state index in [-0.39, 0.29) is 0 Å². The maximum atomic E-state index is 6.16. The molecule has 0 radical (unpaired) electrons. The average molecular weight is 317 g/mol. The second-order valence-corrected chi connectivity index (χ2v) is 6.11. The maximum Gasteiger partial charge on any atom is 0.147 e. The fourth-order valence-corrected chi connectivity index (χ4v) is 2.91. The molecular weight excluding hydrogens is 300 g/mol. The normalized spacial score (nSPS) is 18.6. The van der Waals surface area contributed by atoms with E-state index in [0.29, 0.717) is 11.1 Å². The minimum Gasteiger partial charge on any atom is -0.353 e. The van der Waals surface area contributed by atoms with Crippen LogP contribution >= 0.6 is 11.6 Å². The van der Waals surface area contributed by atoms with Gasteiger partial charge in [0.05, 0.1) is 6.20 Å². The van der Waals surface area contributed by atoms with Crippen molar-refractivity contribution in [2.24, 2.45) is 0 Å².